The molecular formula is C10H16ClNO2S2. The van der Waals surface area contributed by atoms with Gasteiger partial charge in [-0.05, 0) is 24.3 Å². The van der Waals surface area contributed by atoms with Gasteiger partial charge in [-0.15, -0.1) is 22.9 Å². The van der Waals surface area contributed by atoms with Gasteiger partial charge in [-0.1, -0.05) is 13.0 Å². The van der Waals surface area contributed by atoms with Gasteiger partial charge in [0.1, 0.15) is 0 Å². The number of thiophene rings is 1. The maximum Gasteiger partial charge on any atom is 0.212 e. The summed E-state index contributed by atoms with van der Waals surface area (Å²) in [6, 6.07) is 3.65. The van der Waals surface area contributed by atoms with Crippen LogP contribution in [0.2, 0.25) is 0 Å². The summed E-state index contributed by atoms with van der Waals surface area (Å²) in [6.07, 6.45) is 0. The predicted molar refractivity (Wildman–Crippen MR) is 69.5 cm³/mol. The Kier molecular flexibility index (Phi) is 5.24. The molecule has 1 heterocycles. The molecule has 0 saturated carbocycles. The Morgan fingerprint density at radius 1 is 1.50 bits per heavy atom. The Morgan fingerprint density at radius 2 is 2.19 bits per heavy atom. The molecule has 1 unspecified atom stereocenters. The van der Waals surface area contributed by atoms with E-state index in [1.807, 2.05) is 31.4 Å². The number of nitrogens with one attached hydrogen (secondary N) is 1. The van der Waals surface area contributed by atoms with Gasteiger partial charge in [-0.25, -0.2) is 13.1 Å². The molecule has 2 atom stereocenters. The average Bonchev–Trinajstić information content (AvgIpc) is 2.68. The summed E-state index contributed by atoms with van der Waals surface area (Å²) >= 11 is 7.15. The number of sulfonamides is 1. The van der Waals surface area contributed by atoms with E-state index in [9.17, 15) is 8.42 Å². The summed E-state index contributed by atoms with van der Waals surface area (Å²) in [6.45, 7) is 3.66. The largest absolute Gasteiger partial charge is 0.212 e. The van der Waals surface area contributed by atoms with E-state index in [2.05, 4.69) is 4.72 Å². The molecule has 1 aromatic heterocycles. The van der Waals surface area contributed by atoms with E-state index in [-0.39, 0.29) is 17.7 Å². The van der Waals surface area contributed by atoms with Crippen LogP contribution in [0.3, 0.4) is 0 Å². The van der Waals surface area contributed by atoms with Gasteiger partial charge in [0.2, 0.25) is 10.0 Å². The van der Waals surface area contributed by atoms with Crippen molar-refractivity contribution in [1.82, 2.24) is 4.72 Å². The smallest absolute Gasteiger partial charge is 0.212 e. The molecule has 1 aromatic rings. The highest BCUT2D eigenvalue weighted by Gasteiger charge is 2.18. The van der Waals surface area contributed by atoms with Crippen molar-refractivity contribution >= 4 is 33.0 Å². The molecule has 0 aliphatic heterocycles. The molecule has 1 N–H and O–H groups in total. The van der Waals surface area contributed by atoms with E-state index >= 15 is 0 Å². The van der Waals surface area contributed by atoms with Gasteiger partial charge in [0.05, 0.1) is 11.8 Å². The zero-order valence-electron chi connectivity index (χ0n) is 9.31. The van der Waals surface area contributed by atoms with Crippen LogP contribution >= 0.6 is 22.9 Å². The summed E-state index contributed by atoms with van der Waals surface area (Å²) in [5.41, 5.74) is 0. The minimum absolute atomic E-state index is 0.0327. The maximum absolute atomic E-state index is 11.7. The molecule has 3 nitrogen and oxygen atoms in total. The van der Waals surface area contributed by atoms with Gasteiger partial charge >= 0.3 is 0 Å². The monoisotopic (exact) mass is 281 g/mol. The van der Waals surface area contributed by atoms with Crippen LogP contribution in [0.1, 0.15) is 24.8 Å². The van der Waals surface area contributed by atoms with E-state index in [4.69, 9.17) is 11.6 Å². The highest BCUT2D eigenvalue weighted by molar-refractivity contribution is 7.89. The molecule has 0 amide bonds. The third-order valence-corrected chi connectivity index (χ3v) is 5.40. The first-order valence-electron chi connectivity index (χ1n) is 5.04. The predicted octanol–water partition coefficient (Wildman–Crippen LogP) is 2.60. The van der Waals surface area contributed by atoms with Crippen LogP contribution in [-0.2, 0) is 10.0 Å². The van der Waals surface area contributed by atoms with Crippen molar-refractivity contribution < 1.29 is 8.42 Å². The lowest BCUT2D eigenvalue weighted by Crippen LogP contribution is -2.31. The summed E-state index contributed by atoms with van der Waals surface area (Å²) in [5.74, 6) is 0.398. The van der Waals surface area contributed by atoms with Gasteiger partial charge in [0.15, 0.2) is 0 Å². The first-order valence-corrected chi connectivity index (χ1v) is 8.10. The van der Waals surface area contributed by atoms with Gasteiger partial charge in [-0.2, -0.15) is 0 Å². The molecule has 0 fully saturated rings. The lowest BCUT2D eigenvalue weighted by Gasteiger charge is -2.14. The Hall–Kier alpha value is -0.100. The Balaban J connectivity index is 2.59. The minimum atomic E-state index is -3.25. The zero-order valence-corrected chi connectivity index (χ0v) is 11.7. The van der Waals surface area contributed by atoms with Crippen LogP contribution in [0, 0.1) is 5.92 Å². The molecule has 92 valence electrons. The van der Waals surface area contributed by atoms with Crippen LogP contribution in [0.5, 0.6) is 0 Å². The van der Waals surface area contributed by atoms with Gasteiger partial charge < -0.3 is 0 Å². The van der Waals surface area contributed by atoms with Gasteiger partial charge in [0.25, 0.3) is 0 Å². The van der Waals surface area contributed by atoms with Crippen molar-refractivity contribution in [2.75, 3.05) is 11.6 Å². The molecular weight excluding hydrogens is 266 g/mol. The second kappa shape index (κ2) is 6.00. The molecule has 0 radical (unpaired) electrons. The summed E-state index contributed by atoms with van der Waals surface area (Å²) in [5, 5.41) is 1.93. The van der Waals surface area contributed by atoms with E-state index < -0.39 is 10.0 Å². The van der Waals surface area contributed by atoms with Crippen LogP contribution in [0.4, 0.5) is 0 Å². The lowest BCUT2D eigenvalue weighted by molar-refractivity contribution is 0.556. The van der Waals surface area contributed by atoms with Crippen LogP contribution < -0.4 is 4.72 Å². The van der Waals surface area contributed by atoms with Crippen LogP contribution in [0.15, 0.2) is 17.5 Å². The molecule has 6 heteroatoms. The van der Waals surface area contributed by atoms with Gasteiger partial charge in [-0.3, -0.25) is 0 Å². The average molecular weight is 282 g/mol. The number of halogens is 1. The van der Waals surface area contributed by atoms with E-state index in [0.29, 0.717) is 5.88 Å². The fourth-order valence-corrected chi connectivity index (χ4v) is 4.01. The van der Waals surface area contributed by atoms with E-state index in [1.165, 1.54) is 0 Å². The quantitative estimate of drug-likeness (QED) is 0.815. The highest BCUT2D eigenvalue weighted by Crippen LogP contribution is 2.19. The Morgan fingerprint density at radius 3 is 2.69 bits per heavy atom. The SMILES string of the molecule is CC(CCl)CS(=O)(=O)N[C@H](C)c1cccs1. The minimum Gasteiger partial charge on any atom is -0.212 e. The third kappa shape index (κ3) is 4.41. The van der Waals surface area contributed by atoms with Crippen molar-refractivity contribution in [2.24, 2.45) is 5.92 Å². The Bertz CT molecular complexity index is 402. The molecule has 0 spiro atoms. The number of hydrogen-bond acceptors (Lipinski definition) is 3. The summed E-state index contributed by atoms with van der Waals surface area (Å²) in [4.78, 5) is 1.02. The fraction of sp³-hybridized carbons (Fsp3) is 0.600. The zero-order chi connectivity index (χ0) is 12.2. The van der Waals surface area contributed by atoms with Crippen molar-refractivity contribution in [3.63, 3.8) is 0 Å². The normalized spacial score (nSPS) is 15.9. The Labute approximate surface area is 106 Å². The first-order chi connectivity index (χ1) is 7.44. The van der Waals surface area contributed by atoms with Crippen molar-refractivity contribution in [3.05, 3.63) is 22.4 Å². The number of alkyl halides is 1. The highest BCUT2D eigenvalue weighted by atomic mass is 35.5. The summed E-state index contributed by atoms with van der Waals surface area (Å²) < 4.78 is 26.1. The maximum atomic E-state index is 11.7. The molecule has 0 saturated heterocycles. The standard InChI is InChI=1S/C10H16ClNO2S2/c1-8(6-11)7-16(13,14)12-9(2)10-4-3-5-15-10/h3-5,8-9,12H,6-7H2,1-2H3/t8?,9-/m1/s1. The van der Waals surface area contributed by atoms with Gasteiger partial charge in [0, 0.05) is 10.8 Å². The van der Waals surface area contributed by atoms with Crippen molar-refractivity contribution in [2.45, 2.75) is 19.9 Å². The third-order valence-electron chi connectivity index (χ3n) is 2.09. The first kappa shape index (κ1) is 14.0. The van der Waals surface area contributed by atoms with E-state index in [1.54, 1.807) is 11.3 Å². The number of rotatable bonds is 6. The van der Waals surface area contributed by atoms with Crippen LogP contribution in [-0.4, -0.2) is 20.1 Å². The molecule has 0 bridgehead atoms. The topological polar surface area (TPSA) is 46.2 Å². The second-order valence-corrected chi connectivity index (χ2v) is 6.98. The molecule has 0 aliphatic rings. The van der Waals surface area contributed by atoms with E-state index in [0.717, 1.165) is 4.88 Å². The fourth-order valence-electron chi connectivity index (χ4n) is 1.33. The molecule has 1 rings (SSSR count). The molecule has 0 aromatic carbocycles. The second-order valence-electron chi connectivity index (χ2n) is 3.90. The summed E-state index contributed by atoms with van der Waals surface area (Å²) in [7, 11) is -3.25. The van der Waals surface area contributed by atoms with Crippen LogP contribution in [0.25, 0.3) is 0 Å². The molecule has 16 heavy (non-hydrogen) atoms. The lowest BCUT2D eigenvalue weighted by atomic mass is 10.3. The number of hydrogen-bond donors (Lipinski definition) is 1. The van der Waals surface area contributed by atoms with Crippen molar-refractivity contribution in [3.8, 4) is 0 Å². The van der Waals surface area contributed by atoms with Crippen molar-refractivity contribution in [1.29, 1.82) is 0 Å². The molecule has 0 aliphatic carbocycles.